The zero-order chi connectivity index (χ0) is 16.6. The predicted molar refractivity (Wildman–Crippen MR) is 88.6 cm³/mol. The average Bonchev–Trinajstić information content (AvgIpc) is 3.11. The molecule has 0 aliphatic heterocycles. The van der Waals surface area contributed by atoms with E-state index in [2.05, 4.69) is 15.2 Å². The molecule has 2 aromatic heterocycles. The van der Waals surface area contributed by atoms with Crippen LogP contribution in [0.5, 0.6) is 0 Å². The van der Waals surface area contributed by atoms with E-state index in [-0.39, 0.29) is 10.9 Å². The topological polar surface area (TPSA) is 77.7 Å². The number of nitrogens with zero attached hydrogens (tertiary/aromatic N) is 4. The molecule has 0 atom stereocenters. The zero-order valence-corrected chi connectivity index (χ0v) is 14.6. The van der Waals surface area contributed by atoms with E-state index in [0.29, 0.717) is 5.01 Å². The van der Waals surface area contributed by atoms with Crippen LogP contribution in [0.4, 0.5) is 0 Å². The van der Waals surface area contributed by atoms with Crippen LogP contribution in [0.1, 0.15) is 21.1 Å². The second kappa shape index (κ2) is 5.86. The molecule has 1 aromatic carbocycles. The molecule has 2 heterocycles. The Balaban J connectivity index is 2.05. The number of rotatable bonds is 4. The molecule has 8 heteroatoms. The van der Waals surface area contributed by atoms with Crippen LogP contribution in [0, 0.1) is 20.8 Å². The van der Waals surface area contributed by atoms with E-state index in [9.17, 15) is 8.42 Å². The minimum absolute atomic E-state index is 0.0269. The van der Waals surface area contributed by atoms with Crippen LogP contribution >= 0.6 is 11.3 Å². The molecule has 120 valence electrons. The number of hydrogen-bond acceptors (Lipinski definition) is 6. The number of sulfone groups is 1. The minimum Gasteiger partial charge on any atom is -0.290 e. The lowest BCUT2D eigenvalue weighted by atomic mass is 10.1. The SMILES string of the molecule is Cc1nnc(CS(=O)(=O)c2nccn2-c2cccc(C)c2C)s1. The normalized spacial score (nSPS) is 11.8. The highest BCUT2D eigenvalue weighted by Crippen LogP contribution is 2.23. The quantitative estimate of drug-likeness (QED) is 0.724. The number of aromatic nitrogens is 4. The molecule has 0 aliphatic rings. The Morgan fingerprint density at radius 1 is 1.17 bits per heavy atom. The van der Waals surface area contributed by atoms with Crippen molar-refractivity contribution in [2.75, 3.05) is 0 Å². The van der Waals surface area contributed by atoms with Gasteiger partial charge < -0.3 is 0 Å². The predicted octanol–water partition coefficient (Wildman–Crippen LogP) is 2.62. The third-order valence-corrected chi connectivity index (χ3v) is 6.14. The number of benzene rings is 1. The summed E-state index contributed by atoms with van der Waals surface area (Å²) in [6, 6.07) is 5.79. The van der Waals surface area contributed by atoms with E-state index in [1.165, 1.54) is 17.5 Å². The van der Waals surface area contributed by atoms with Gasteiger partial charge in [-0.1, -0.05) is 12.1 Å². The summed E-state index contributed by atoms with van der Waals surface area (Å²) in [5.41, 5.74) is 2.93. The highest BCUT2D eigenvalue weighted by molar-refractivity contribution is 7.90. The fourth-order valence-electron chi connectivity index (χ4n) is 2.32. The molecule has 0 amide bonds. The molecule has 3 aromatic rings. The molecule has 0 spiro atoms. The van der Waals surface area contributed by atoms with E-state index >= 15 is 0 Å². The van der Waals surface area contributed by atoms with E-state index in [1.807, 2.05) is 32.0 Å². The van der Waals surface area contributed by atoms with Gasteiger partial charge >= 0.3 is 0 Å². The van der Waals surface area contributed by atoms with Crippen molar-refractivity contribution in [1.82, 2.24) is 19.7 Å². The summed E-state index contributed by atoms with van der Waals surface area (Å²) in [5, 5.41) is 9.00. The van der Waals surface area contributed by atoms with Gasteiger partial charge in [-0.15, -0.1) is 21.5 Å². The van der Waals surface area contributed by atoms with Gasteiger partial charge in [-0.05, 0) is 38.0 Å². The van der Waals surface area contributed by atoms with Crippen LogP contribution in [0.3, 0.4) is 0 Å². The molecule has 23 heavy (non-hydrogen) atoms. The average molecular weight is 348 g/mol. The maximum absolute atomic E-state index is 12.7. The van der Waals surface area contributed by atoms with Crippen LogP contribution in [-0.2, 0) is 15.6 Å². The van der Waals surface area contributed by atoms with Crippen molar-refractivity contribution in [2.45, 2.75) is 31.7 Å². The number of hydrogen-bond donors (Lipinski definition) is 0. The Morgan fingerprint density at radius 2 is 1.96 bits per heavy atom. The van der Waals surface area contributed by atoms with E-state index in [1.54, 1.807) is 17.7 Å². The first-order valence-electron chi connectivity index (χ1n) is 7.00. The third-order valence-electron chi connectivity index (χ3n) is 3.60. The largest absolute Gasteiger partial charge is 0.290 e. The summed E-state index contributed by atoms with van der Waals surface area (Å²) >= 11 is 1.28. The van der Waals surface area contributed by atoms with Gasteiger partial charge in [0, 0.05) is 12.4 Å². The van der Waals surface area contributed by atoms with Crippen molar-refractivity contribution < 1.29 is 8.42 Å². The summed E-state index contributed by atoms with van der Waals surface area (Å²) < 4.78 is 27.1. The Bertz CT molecular complexity index is 958. The van der Waals surface area contributed by atoms with E-state index in [4.69, 9.17) is 0 Å². The first-order chi connectivity index (χ1) is 10.9. The lowest BCUT2D eigenvalue weighted by Crippen LogP contribution is -2.12. The van der Waals surface area contributed by atoms with Crippen molar-refractivity contribution in [3.63, 3.8) is 0 Å². The summed E-state index contributed by atoms with van der Waals surface area (Å²) in [6.45, 7) is 5.76. The maximum Gasteiger partial charge on any atom is 0.232 e. The standard InChI is InChI=1S/C15H16N4O2S2/c1-10-5-4-6-13(11(10)2)19-8-7-16-15(19)23(20,21)9-14-18-17-12(3)22-14/h4-8H,9H2,1-3H3. The minimum atomic E-state index is -3.61. The van der Waals surface area contributed by atoms with Gasteiger partial charge in [0.15, 0.2) is 0 Å². The molecule has 0 bridgehead atoms. The molecule has 0 saturated heterocycles. The third kappa shape index (κ3) is 3.04. The second-order valence-corrected chi connectivity index (χ2v) is 8.42. The molecule has 0 unspecified atom stereocenters. The van der Waals surface area contributed by atoms with Gasteiger partial charge in [-0.25, -0.2) is 13.4 Å². The molecular weight excluding hydrogens is 332 g/mol. The molecule has 0 N–H and O–H groups in total. The Kier molecular flexibility index (Phi) is 4.03. The fraction of sp³-hybridized carbons (Fsp3) is 0.267. The smallest absolute Gasteiger partial charge is 0.232 e. The molecule has 0 radical (unpaired) electrons. The van der Waals surface area contributed by atoms with Gasteiger partial charge in [-0.2, -0.15) is 0 Å². The van der Waals surface area contributed by atoms with Gasteiger partial charge in [0.2, 0.25) is 15.0 Å². The van der Waals surface area contributed by atoms with Gasteiger partial charge in [0.05, 0.1) is 5.69 Å². The monoisotopic (exact) mass is 348 g/mol. The highest BCUT2D eigenvalue weighted by atomic mass is 32.2. The lowest BCUT2D eigenvalue weighted by Gasteiger charge is -2.12. The Hall–Kier alpha value is -2.06. The number of imidazole rings is 1. The first kappa shape index (κ1) is 15.8. The van der Waals surface area contributed by atoms with Crippen LogP contribution < -0.4 is 0 Å². The molecular formula is C15H16N4O2S2. The first-order valence-corrected chi connectivity index (χ1v) is 9.47. The fourth-order valence-corrected chi connectivity index (χ4v) is 4.72. The lowest BCUT2D eigenvalue weighted by molar-refractivity contribution is 0.583. The van der Waals surface area contributed by atoms with Crippen molar-refractivity contribution >= 4 is 21.2 Å². The Morgan fingerprint density at radius 3 is 2.65 bits per heavy atom. The van der Waals surface area contributed by atoms with Crippen LogP contribution in [-0.4, -0.2) is 28.2 Å². The van der Waals surface area contributed by atoms with Crippen molar-refractivity contribution in [3.8, 4) is 5.69 Å². The molecule has 0 fully saturated rings. The maximum atomic E-state index is 12.7. The van der Waals surface area contributed by atoms with Crippen LogP contribution in [0.25, 0.3) is 5.69 Å². The summed E-state index contributed by atoms with van der Waals surface area (Å²) in [5.74, 6) is -0.194. The van der Waals surface area contributed by atoms with E-state index < -0.39 is 9.84 Å². The molecule has 0 saturated carbocycles. The summed E-state index contributed by atoms with van der Waals surface area (Å²) in [6.07, 6.45) is 3.17. The van der Waals surface area contributed by atoms with Gasteiger partial charge in [-0.3, -0.25) is 4.57 Å². The Labute approximate surface area is 138 Å². The highest BCUT2D eigenvalue weighted by Gasteiger charge is 2.24. The van der Waals surface area contributed by atoms with Gasteiger partial charge in [0.25, 0.3) is 0 Å². The van der Waals surface area contributed by atoms with Crippen LogP contribution in [0.15, 0.2) is 35.7 Å². The number of aryl methyl sites for hydroxylation is 2. The molecule has 6 nitrogen and oxygen atoms in total. The van der Waals surface area contributed by atoms with E-state index in [0.717, 1.165) is 21.8 Å². The molecule has 3 rings (SSSR count). The summed E-state index contributed by atoms with van der Waals surface area (Å²) in [4.78, 5) is 4.07. The summed E-state index contributed by atoms with van der Waals surface area (Å²) in [7, 11) is -3.61. The zero-order valence-electron chi connectivity index (χ0n) is 13.0. The molecule has 0 aliphatic carbocycles. The second-order valence-electron chi connectivity index (χ2n) is 5.27. The van der Waals surface area contributed by atoms with Crippen molar-refractivity contribution in [1.29, 1.82) is 0 Å². The van der Waals surface area contributed by atoms with Crippen molar-refractivity contribution in [2.24, 2.45) is 0 Å². The van der Waals surface area contributed by atoms with Crippen LogP contribution in [0.2, 0.25) is 0 Å². The van der Waals surface area contributed by atoms with Crippen molar-refractivity contribution in [3.05, 3.63) is 51.7 Å². The van der Waals surface area contributed by atoms with Gasteiger partial charge in [0.1, 0.15) is 15.8 Å².